The monoisotopic (exact) mass is 459 g/mol. The fourth-order valence-corrected chi connectivity index (χ4v) is 3.99. The number of aromatic hydroxyl groups is 1. The van der Waals surface area contributed by atoms with Crippen molar-refractivity contribution in [1.82, 2.24) is 0 Å². The number of methoxy groups -OCH3 is 1. The van der Waals surface area contributed by atoms with Crippen LogP contribution < -0.4 is 14.4 Å². The lowest BCUT2D eigenvalue weighted by Crippen LogP contribution is -2.29. The summed E-state index contributed by atoms with van der Waals surface area (Å²) in [6.45, 7) is 3.81. The van der Waals surface area contributed by atoms with Crippen LogP contribution in [0, 0.1) is 0 Å². The Morgan fingerprint density at radius 2 is 1.65 bits per heavy atom. The van der Waals surface area contributed by atoms with Gasteiger partial charge in [-0.15, -0.1) is 0 Å². The van der Waals surface area contributed by atoms with Gasteiger partial charge in [0.2, 0.25) is 0 Å². The summed E-state index contributed by atoms with van der Waals surface area (Å²) in [5.74, 6) is -0.820. The normalized spacial score (nSPS) is 17.3. The first-order valence-electron chi connectivity index (χ1n) is 10.8. The molecule has 0 bridgehead atoms. The molecule has 1 aliphatic rings. The Bertz CT molecular complexity index is 1260. The number of carbonyl (C=O) groups excluding carboxylic acids is 2. The van der Waals surface area contributed by atoms with E-state index in [0.29, 0.717) is 28.3 Å². The van der Waals surface area contributed by atoms with Crippen molar-refractivity contribution in [3.8, 4) is 17.2 Å². The van der Waals surface area contributed by atoms with Crippen LogP contribution in [0.3, 0.4) is 0 Å². The summed E-state index contributed by atoms with van der Waals surface area (Å²) in [6, 6.07) is 18.7. The van der Waals surface area contributed by atoms with Gasteiger partial charge >= 0.3 is 0 Å². The SMILES string of the molecule is COc1cccc(N2C(=O)C(=O)/C(=C(/O)c3ccc(OC(C)C)cc3)C2c2cccc(O)c2)c1. The Kier molecular flexibility index (Phi) is 6.27. The molecule has 34 heavy (non-hydrogen) atoms. The first-order chi connectivity index (χ1) is 16.3. The van der Waals surface area contributed by atoms with Gasteiger partial charge in [-0.1, -0.05) is 18.2 Å². The quantitative estimate of drug-likeness (QED) is 0.312. The van der Waals surface area contributed by atoms with Gasteiger partial charge in [0, 0.05) is 17.3 Å². The van der Waals surface area contributed by atoms with E-state index in [4.69, 9.17) is 9.47 Å². The minimum absolute atomic E-state index is 0.0154. The lowest BCUT2D eigenvalue weighted by molar-refractivity contribution is -0.132. The number of hydrogen-bond acceptors (Lipinski definition) is 6. The highest BCUT2D eigenvalue weighted by atomic mass is 16.5. The Hall–Kier alpha value is -4.26. The maximum atomic E-state index is 13.2. The van der Waals surface area contributed by atoms with Gasteiger partial charge < -0.3 is 19.7 Å². The zero-order chi connectivity index (χ0) is 24.4. The number of phenolic OH excluding ortho intramolecular Hbond substituents is 1. The lowest BCUT2D eigenvalue weighted by Gasteiger charge is -2.25. The van der Waals surface area contributed by atoms with Gasteiger partial charge in [0.25, 0.3) is 11.7 Å². The van der Waals surface area contributed by atoms with Crippen LogP contribution in [0.2, 0.25) is 0 Å². The van der Waals surface area contributed by atoms with E-state index < -0.39 is 17.7 Å². The number of ether oxygens (including phenoxy) is 2. The Morgan fingerprint density at radius 1 is 0.941 bits per heavy atom. The Morgan fingerprint density at radius 3 is 2.29 bits per heavy atom. The van der Waals surface area contributed by atoms with Crippen LogP contribution in [0.1, 0.15) is 31.0 Å². The highest BCUT2D eigenvalue weighted by molar-refractivity contribution is 6.51. The van der Waals surface area contributed by atoms with Crippen LogP contribution in [-0.4, -0.2) is 35.1 Å². The number of amides is 1. The molecule has 0 spiro atoms. The molecule has 4 rings (SSSR count). The van der Waals surface area contributed by atoms with Crippen LogP contribution in [0.4, 0.5) is 5.69 Å². The molecular formula is C27H25NO6. The summed E-state index contributed by atoms with van der Waals surface area (Å²) in [6.07, 6.45) is -0.0154. The third-order valence-electron chi connectivity index (χ3n) is 5.46. The molecule has 1 unspecified atom stereocenters. The lowest BCUT2D eigenvalue weighted by atomic mass is 9.95. The molecule has 174 valence electrons. The van der Waals surface area contributed by atoms with E-state index in [1.54, 1.807) is 60.7 Å². The summed E-state index contributed by atoms with van der Waals surface area (Å²) < 4.78 is 10.9. The van der Waals surface area contributed by atoms with Crippen LogP contribution in [-0.2, 0) is 9.59 Å². The maximum absolute atomic E-state index is 13.2. The van der Waals surface area contributed by atoms with Crippen molar-refractivity contribution in [3.05, 3.63) is 89.5 Å². The van der Waals surface area contributed by atoms with E-state index >= 15 is 0 Å². The van der Waals surface area contributed by atoms with Crippen molar-refractivity contribution >= 4 is 23.1 Å². The fraction of sp³-hybridized carbons (Fsp3) is 0.185. The van der Waals surface area contributed by atoms with Gasteiger partial charge in [0.15, 0.2) is 0 Å². The summed E-state index contributed by atoms with van der Waals surface area (Å²) in [4.78, 5) is 27.7. The van der Waals surface area contributed by atoms with Gasteiger partial charge in [0.1, 0.15) is 23.0 Å². The van der Waals surface area contributed by atoms with Crippen LogP contribution in [0.5, 0.6) is 17.2 Å². The zero-order valence-corrected chi connectivity index (χ0v) is 19.1. The van der Waals surface area contributed by atoms with E-state index in [9.17, 15) is 19.8 Å². The second-order valence-corrected chi connectivity index (χ2v) is 8.16. The Labute approximate surface area is 197 Å². The summed E-state index contributed by atoms with van der Waals surface area (Å²) in [5.41, 5.74) is 1.19. The molecule has 3 aromatic rings. The molecule has 1 atom stereocenters. The number of nitrogens with zero attached hydrogens (tertiary/aromatic N) is 1. The van der Waals surface area contributed by atoms with Crippen molar-refractivity contribution in [2.24, 2.45) is 0 Å². The average Bonchev–Trinajstić information content (AvgIpc) is 3.09. The number of anilines is 1. The van der Waals surface area contributed by atoms with Gasteiger partial charge in [-0.3, -0.25) is 14.5 Å². The molecule has 0 aromatic heterocycles. The highest BCUT2D eigenvalue weighted by Crippen LogP contribution is 2.43. The highest BCUT2D eigenvalue weighted by Gasteiger charge is 2.47. The molecule has 0 aliphatic carbocycles. The number of aliphatic hydroxyl groups is 1. The largest absolute Gasteiger partial charge is 0.508 e. The number of rotatable bonds is 6. The second-order valence-electron chi connectivity index (χ2n) is 8.16. The third-order valence-corrected chi connectivity index (χ3v) is 5.46. The molecule has 1 amide bonds. The van der Waals surface area contributed by atoms with Crippen molar-refractivity contribution in [3.63, 3.8) is 0 Å². The van der Waals surface area contributed by atoms with Crippen molar-refractivity contribution in [2.75, 3.05) is 12.0 Å². The van der Waals surface area contributed by atoms with Gasteiger partial charge in [-0.05, 0) is 67.9 Å². The van der Waals surface area contributed by atoms with E-state index in [2.05, 4.69) is 0 Å². The molecule has 0 saturated carbocycles. The number of benzene rings is 3. The smallest absolute Gasteiger partial charge is 0.300 e. The van der Waals surface area contributed by atoms with E-state index in [-0.39, 0.29) is 23.2 Å². The first kappa shape index (κ1) is 22.9. The molecule has 1 heterocycles. The predicted octanol–water partition coefficient (Wildman–Crippen LogP) is 4.81. The number of Topliss-reactive ketones (excluding diaryl/α,β-unsaturated/α-hetero) is 1. The van der Waals surface area contributed by atoms with Crippen LogP contribution >= 0.6 is 0 Å². The zero-order valence-electron chi connectivity index (χ0n) is 19.1. The molecule has 3 aromatic carbocycles. The van der Waals surface area contributed by atoms with Gasteiger partial charge in [-0.2, -0.15) is 0 Å². The molecule has 0 radical (unpaired) electrons. The van der Waals surface area contributed by atoms with Crippen LogP contribution in [0.25, 0.3) is 5.76 Å². The van der Waals surface area contributed by atoms with Crippen molar-refractivity contribution in [2.45, 2.75) is 26.0 Å². The summed E-state index contributed by atoms with van der Waals surface area (Å²) >= 11 is 0. The third kappa shape index (κ3) is 4.32. The number of aliphatic hydroxyl groups excluding tert-OH is 1. The maximum Gasteiger partial charge on any atom is 0.300 e. The van der Waals surface area contributed by atoms with Gasteiger partial charge in [0.05, 0.1) is 24.8 Å². The predicted molar refractivity (Wildman–Crippen MR) is 128 cm³/mol. The van der Waals surface area contributed by atoms with Gasteiger partial charge in [-0.25, -0.2) is 0 Å². The number of hydrogen-bond donors (Lipinski definition) is 2. The first-order valence-corrected chi connectivity index (χ1v) is 10.8. The molecule has 7 heteroatoms. The minimum Gasteiger partial charge on any atom is -0.508 e. The second kappa shape index (κ2) is 9.31. The fourth-order valence-electron chi connectivity index (χ4n) is 3.99. The number of carbonyl (C=O) groups is 2. The summed E-state index contributed by atoms with van der Waals surface area (Å²) in [5, 5.41) is 21.3. The number of phenols is 1. The molecule has 1 aliphatic heterocycles. The molecule has 2 N–H and O–H groups in total. The molecule has 1 fully saturated rings. The summed E-state index contributed by atoms with van der Waals surface area (Å²) in [7, 11) is 1.51. The molecular weight excluding hydrogens is 434 g/mol. The van der Waals surface area contributed by atoms with Crippen LogP contribution in [0.15, 0.2) is 78.4 Å². The standard InChI is InChI=1S/C27H25NO6/c1-16(2)34-21-12-10-17(11-13-21)25(30)23-24(18-6-4-8-20(29)14-18)28(27(32)26(23)31)19-7-5-9-22(15-19)33-3/h4-16,24,29-30H,1-3H3/b25-23+. The van der Waals surface area contributed by atoms with E-state index in [0.717, 1.165) is 0 Å². The van der Waals surface area contributed by atoms with E-state index in [1.807, 2.05) is 13.8 Å². The van der Waals surface area contributed by atoms with Crippen molar-refractivity contribution in [1.29, 1.82) is 0 Å². The van der Waals surface area contributed by atoms with Crippen molar-refractivity contribution < 1.29 is 29.3 Å². The topological polar surface area (TPSA) is 96.3 Å². The molecule has 7 nitrogen and oxygen atoms in total. The molecule has 1 saturated heterocycles. The average molecular weight is 459 g/mol. The Balaban J connectivity index is 1.88. The minimum atomic E-state index is -0.953. The van der Waals surface area contributed by atoms with E-state index in [1.165, 1.54) is 24.1 Å². The number of ketones is 1.